The highest BCUT2D eigenvalue weighted by Gasteiger charge is 2.24. The van der Waals surface area contributed by atoms with Gasteiger partial charge in [0, 0.05) is 24.0 Å². The van der Waals surface area contributed by atoms with Crippen LogP contribution in [0, 0.1) is 0 Å². The van der Waals surface area contributed by atoms with Gasteiger partial charge in [0.05, 0.1) is 34.1 Å². The van der Waals surface area contributed by atoms with Crippen LogP contribution in [0.1, 0.15) is 11.7 Å². The topological polar surface area (TPSA) is 64.2 Å². The minimum atomic E-state index is -0.144. The van der Waals surface area contributed by atoms with Crippen molar-refractivity contribution in [1.29, 1.82) is 0 Å². The maximum atomic E-state index is 5.45. The molecular weight excluding hydrogens is 334 g/mol. The van der Waals surface area contributed by atoms with E-state index in [0.717, 1.165) is 17.0 Å². The minimum absolute atomic E-state index is 0.144. The first-order chi connectivity index (χ1) is 12.7. The molecule has 7 nitrogen and oxygen atoms in total. The molecule has 1 heterocycles. The van der Waals surface area contributed by atoms with Gasteiger partial charge in [-0.05, 0) is 24.3 Å². The third-order valence-electron chi connectivity index (χ3n) is 4.10. The van der Waals surface area contributed by atoms with Crippen molar-refractivity contribution in [3.63, 3.8) is 0 Å². The Morgan fingerprint density at radius 3 is 2.27 bits per heavy atom. The van der Waals surface area contributed by atoms with E-state index in [-0.39, 0.29) is 6.17 Å². The average molecular weight is 357 g/mol. The molecule has 0 bridgehead atoms. The molecule has 0 aromatic heterocycles. The van der Waals surface area contributed by atoms with Gasteiger partial charge in [-0.25, -0.2) is 0 Å². The Morgan fingerprint density at radius 1 is 0.923 bits per heavy atom. The smallest absolute Gasteiger partial charge is 0.203 e. The minimum Gasteiger partial charge on any atom is -0.497 e. The van der Waals surface area contributed by atoms with E-state index in [2.05, 4.69) is 10.7 Å². The van der Waals surface area contributed by atoms with Crippen LogP contribution in [0.3, 0.4) is 0 Å². The number of benzene rings is 2. The Hall–Kier alpha value is -3.22. The second-order valence-electron chi connectivity index (χ2n) is 5.59. The summed E-state index contributed by atoms with van der Waals surface area (Å²) in [7, 11) is 6.45. The van der Waals surface area contributed by atoms with Gasteiger partial charge in [-0.1, -0.05) is 6.07 Å². The number of hydrogen-bond donors (Lipinski definition) is 2. The molecule has 1 unspecified atom stereocenters. The number of rotatable bonds is 7. The van der Waals surface area contributed by atoms with Crippen LogP contribution in [-0.4, -0.2) is 33.4 Å². The molecule has 1 aliphatic rings. The van der Waals surface area contributed by atoms with Crippen LogP contribution in [0.2, 0.25) is 0 Å². The summed E-state index contributed by atoms with van der Waals surface area (Å²) < 4.78 is 21.6. The molecule has 0 saturated heterocycles. The lowest BCUT2D eigenvalue weighted by atomic mass is 10.1. The van der Waals surface area contributed by atoms with Crippen molar-refractivity contribution < 1.29 is 18.9 Å². The number of anilines is 1. The third kappa shape index (κ3) is 3.42. The summed E-state index contributed by atoms with van der Waals surface area (Å²) in [6.07, 6.45) is 3.66. The number of hydrazine groups is 1. The van der Waals surface area contributed by atoms with E-state index in [9.17, 15) is 0 Å². The summed E-state index contributed by atoms with van der Waals surface area (Å²) in [5.74, 6) is 2.57. The Morgan fingerprint density at radius 2 is 1.65 bits per heavy atom. The van der Waals surface area contributed by atoms with Crippen LogP contribution in [0.5, 0.6) is 23.0 Å². The van der Waals surface area contributed by atoms with E-state index in [1.165, 1.54) is 0 Å². The van der Waals surface area contributed by atoms with Gasteiger partial charge in [0.2, 0.25) is 5.75 Å². The lowest BCUT2D eigenvalue weighted by molar-refractivity contribution is 0.312. The van der Waals surface area contributed by atoms with E-state index in [1.807, 2.05) is 53.8 Å². The van der Waals surface area contributed by atoms with Crippen LogP contribution >= 0.6 is 0 Å². The second kappa shape index (κ2) is 7.77. The summed E-state index contributed by atoms with van der Waals surface area (Å²) in [6.45, 7) is 0. The van der Waals surface area contributed by atoms with Crippen LogP contribution in [-0.2, 0) is 0 Å². The summed E-state index contributed by atoms with van der Waals surface area (Å²) in [5.41, 5.74) is 5.23. The average Bonchev–Trinajstić information content (AvgIpc) is 3.14. The molecule has 2 aromatic rings. The Kier molecular flexibility index (Phi) is 5.26. The molecule has 7 heteroatoms. The van der Waals surface area contributed by atoms with Crippen LogP contribution in [0.25, 0.3) is 0 Å². The molecule has 0 amide bonds. The monoisotopic (exact) mass is 357 g/mol. The van der Waals surface area contributed by atoms with E-state index >= 15 is 0 Å². The first kappa shape index (κ1) is 17.6. The highest BCUT2D eigenvalue weighted by Crippen LogP contribution is 2.40. The molecule has 1 atom stereocenters. The Balaban J connectivity index is 1.88. The zero-order valence-electron chi connectivity index (χ0n) is 15.3. The highest BCUT2D eigenvalue weighted by molar-refractivity contribution is 5.55. The van der Waals surface area contributed by atoms with Gasteiger partial charge >= 0.3 is 0 Å². The Bertz CT molecular complexity index is 769. The van der Waals surface area contributed by atoms with Crippen LogP contribution in [0.4, 0.5) is 5.69 Å². The van der Waals surface area contributed by atoms with Crippen molar-refractivity contribution in [1.82, 2.24) is 10.3 Å². The van der Waals surface area contributed by atoms with Crippen molar-refractivity contribution in [2.24, 2.45) is 0 Å². The van der Waals surface area contributed by atoms with Crippen molar-refractivity contribution in [3.05, 3.63) is 54.4 Å². The summed E-state index contributed by atoms with van der Waals surface area (Å²) in [4.78, 5) is 0. The first-order valence-electron chi connectivity index (χ1n) is 8.11. The van der Waals surface area contributed by atoms with Crippen molar-refractivity contribution in [2.75, 3.05) is 33.9 Å². The lowest BCUT2D eigenvalue weighted by Crippen LogP contribution is -2.31. The lowest BCUT2D eigenvalue weighted by Gasteiger charge is -2.28. The molecule has 3 rings (SSSR count). The van der Waals surface area contributed by atoms with Gasteiger partial charge in [0.25, 0.3) is 0 Å². The molecule has 2 aromatic carbocycles. The molecule has 0 spiro atoms. The van der Waals surface area contributed by atoms with Gasteiger partial charge in [0.15, 0.2) is 11.5 Å². The van der Waals surface area contributed by atoms with Gasteiger partial charge in [-0.15, -0.1) is 0 Å². The zero-order chi connectivity index (χ0) is 18.5. The Labute approximate surface area is 153 Å². The molecule has 0 fully saturated rings. The van der Waals surface area contributed by atoms with Gasteiger partial charge in [-0.3, -0.25) is 10.4 Å². The fraction of sp³-hybridized carbons (Fsp3) is 0.263. The number of nitrogens with one attached hydrogen (secondary N) is 2. The molecule has 0 aliphatic carbocycles. The maximum Gasteiger partial charge on any atom is 0.203 e. The quantitative estimate of drug-likeness (QED) is 0.789. The fourth-order valence-corrected chi connectivity index (χ4v) is 2.84. The highest BCUT2D eigenvalue weighted by atomic mass is 16.5. The van der Waals surface area contributed by atoms with Gasteiger partial charge in [-0.2, -0.15) is 0 Å². The van der Waals surface area contributed by atoms with Crippen molar-refractivity contribution >= 4 is 5.69 Å². The second-order valence-corrected chi connectivity index (χ2v) is 5.59. The molecule has 26 heavy (non-hydrogen) atoms. The van der Waals surface area contributed by atoms with Crippen LogP contribution < -0.4 is 29.7 Å². The number of hydrogen-bond acceptors (Lipinski definition) is 7. The normalized spacial score (nSPS) is 15.4. The maximum absolute atomic E-state index is 5.45. The largest absolute Gasteiger partial charge is 0.497 e. The van der Waals surface area contributed by atoms with Gasteiger partial charge < -0.3 is 24.3 Å². The predicted molar refractivity (Wildman–Crippen MR) is 99.6 cm³/mol. The zero-order valence-corrected chi connectivity index (χ0v) is 15.3. The molecular formula is C19H23N3O4. The molecule has 0 radical (unpaired) electrons. The standard InChI is InChI=1S/C19H23N3O4/c1-23-15-7-5-6-14(12-15)21-22-9-8-20-19(22)13-10-16(24-2)18(26-4)17(11-13)25-3/h5-12,19-21H,1-4H3. The third-order valence-corrected chi connectivity index (χ3v) is 4.10. The van der Waals surface area contributed by atoms with Crippen LogP contribution in [0.15, 0.2) is 48.8 Å². The summed E-state index contributed by atoms with van der Waals surface area (Å²) >= 11 is 0. The predicted octanol–water partition coefficient (Wildman–Crippen LogP) is 3.12. The molecule has 1 aliphatic heterocycles. The van der Waals surface area contributed by atoms with E-state index in [4.69, 9.17) is 18.9 Å². The van der Waals surface area contributed by atoms with E-state index in [1.54, 1.807) is 28.4 Å². The first-order valence-corrected chi connectivity index (χ1v) is 8.11. The van der Waals surface area contributed by atoms with Crippen molar-refractivity contribution in [3.8, 4) is 23.0 Å². The SMILES string of the molecule is COc1cccc(NN2C=CNC2c2cc(OC)c(OC)c(OC)c2)c1. The van der Waals surface area contributed by atoms with Crippen molar-refractivity contribution in [2.45, 2.75) is 6.17 Å². The van der Waals surface area contributed by atoms with Gasteiger partial charge in [0.1, 0.15) is 11.9 Å². The number of methoxy groups -OCH3 is 4. The molecule has 138 valence electrons. The summed E-state index contributed by atoms with van der Waals surface area (Å²) in [6, 6.07) is 11.6. The molecule has 2 N–H and O–H groups in total. The fourth-order valence-electron chi connectivity index (χ4n) is 2.84. The number of nitrogens with zero attached hydrogens (tertiary/aromatic N) is 1. The molecule has 0 saturated carbocycles. The number of ether oxygens (including phenoxy) is 4. The van der Waals surface area contributed by atoms with E-state index in [0.29, 0.717) is 17.2 Å². The summed E-state index contributed by atoms with van der Waals surface area (Å²) in [5, 5.41) is 5.27. The van der Waals surface area contributed by atoms with E-state index < -0.39 is 0 Å².